The van der Waals surface area contributed by atoms with Crippen molar-refractivity contribution in [2.24, 2.45) is 0 Å². The van der Waals surface area contributed by atoms with Crippen LogP contribution in [0.2, 0.25) is 17.3 Å². The van der Waals surface area contributed by atoms with Crippen LogP contribution in [0.1, 0.15) is 30.5 Å². The minimum atomic E-state index is -2.46. The van der Waals surface area contributed by atoms with Crippen LogP contribution in [0.25, 0.3) is 61.6 Å². The molecule has 0 saturated carbocycles. The monoisotopic (exact) mass is 948 g/mol. The van der Waals surface area contributed by atoms with Crippen molar-refractivity contribution in [2.75, 3.05) is 0 Å². The predicted octanol–water partition coefficient (Wildman–Crippen LogP) is 12.2. The molecule has 6 aromatic carbocycles. The van der Waals surface area contributed by atoms with Gasteiger partial charge in [0.1, 0.15) is 0 Å². The number of imidazole rings is 1. The Morgan fingerprint density at radius 3 is 1.91 bits per heavy atom. The van der Waals surface area contributed by atoms with Gasteiger partial charge in [-0.2, -0.15) is 0 Å². The van der Waals surface area contributed by atoms with E-state index in [4.69, 9.17) is 13.2 Å². The number of fused-ring (bicyclic) bond motifs is 1. The van der Waals surface area contributed by atoms with Crippen LogP contribution in [-0.4, -0.2) is 27.8 Å². The van der Waals surface area contributed by atoms with Gasteiger partial charge in [-0.25, -0.2) is 0 Å². The number of para-hydroxylation sites is 3. The Morgan fingerprint density at radius 1 is 0.611 bits per heavy atom. The molecule has 0 bridgehead atoms. The summed E-state index contributed by atoms with van der Waals surface area (Å²) >= 11 is -1.97. The van der Waals surface area contributed by atoms with Gasteiger partial charge >= 0.3 is 161 Å². The molecule has 8 rings (SSSR count). The van der Waals surface area contributed by atoms with Crippen molar-refractivity contribution < 1.29 is 28.3 Å². The van der Waals surface area contributed by atoms with Crippen molar-refractivity contribution >= 4 is 28.7 Å². The van der Waals surface area contributed by atoms with Crippen LogP contribution < -0.4 is 4.40 Å². The van der Waals surface area contributed by atoms with Crippen LogP contribution in [0.4, 0.5) is 0 Å². The first-order valence-corrected chi connectivity index (χ1v) is 25.1. The van der Waals surface area contributed by atoms with E-state index in [1.165, 1.54) is 27.4 Å². The molecule has 2 aromatic heterocycles. The van der Waals surface area contributed by atoms with E-state index in [2.05, 4.69) is 107 Å². The second-order valence-corrected chi connectivity index (χ2v) is 24.9. The number of nitrogens with zero attached hydrogens (tertiary/aromatic N) is 3. The Balaban J connectivity index is 0.000000216. The molecule has 0 aliphatic carbocycles. The molecule has 271 valence electrons. The summed E-state index contributed by atoms with van der Waals surface area (Å²) < 4.78 is 52.6. The molecule has 1 radical (unpaired) electrons. The van der Waals surface area contributed by atoms with Crippen LogP contribution >= 0.6 is 0 Å². The third-order valence-corrected chi connectivity index (χ3v) is 13.8. The van der Waals surface area contributed by atoms with Crippen LogP contribution in [0.5, 0.6) is 0 Å². The third-order valence-electron chi connectivity index (χ3n) is 9.46. The minimum absolute atomic E-state index is 0. The van der Waals surface area contributed by atoms with E-state index < -0.39 is 27.0 Å². The second kappa shape index (κ2) is 16.7. The molecule has 0 amide bonds. The number of pyridine rings is 1. The zero-order valence-electron chi connectivity index (χ0n) is 37.0. The van der Waals surface area contributed by atoms with Gasteiger partial charge in [0, 0.05) is 25.8 Å². The fourth-order valence-electron chi connectivity index (χ4n) is 6.62. The van der Waals surface area contributed by atoms with Crippen molar-refractivity contribution in [3.05, 3.63) is 180 Å². The summed E-state index contributed by atoms with van der Waals surface area (Å²) in [5, 5.41) is 0. The fourth-order valence-corrected chi connectivity index (χ4v) is 9.07. The maximum Gasteiger partial charge on any atom is 0 e. The maximum absolute atomic E-state index is 8.26. The number of aromatic nitrogens is 3. The van der Waals surface area contributed by atoms with Crippen molar-refractivity contribution in [3.8, 4) is 50.6 Å². The van der Waals surface area contributed by atoms with Gasteiger partial charge in [0.2, 0.25) is 0 Å². The standard InChI is InChI=1S/C28H28GeN.C21H17N2.Ir/c1-20-17-24(22-11-14-25(15-12-22)29(3,4)5)13-16-26(20)27-18-28(30-19-21(27)2)23-9-7-6-8-10-23;1-15-9-8-10-16(2)20(15)23-19-14-7-6-13-18(19)22-21(23)17-11-4-3-5-12-17;/h6-9,11-19H,1-5H3;3-11,13-14H,1-2H3;/q2*-1;/i1D3,2D3;;. The topological polar surface area (TPSA) is 30.7 Å². The number of hydrogen-bond donors (Lipinski definition) is 0. The summed E-state index contributed by atoms with van der Waals surface area (Å²) in [4.78, 5) is 9.23. The molecule has 0 atom stereocenters. The van der Waals surface area contributed by atoms with Gasteiger partial charge in [0.15, 0.2) is 0 Å². The van der Waals surface area contributed by atoms with Crippen LogP contribution in [0.3, 0.4) is 0 Å². The Kier molecular flexibility index (Phi) is 9.71. The molecule has 0 unspecified atom stereocenters. The Bertz CT molecular complexity index is 2720. The van der Waals surface area contributed by atoms with Crippen LogP contribution in [0, 0.1) is 39.7 Å². The van der Waals surface area contributed by atoms with E-state index in [-0.39, 0.29) is 31.2 Å². The predicted molar refractivity (Wildman–Crippen MR) is 227 cm³/mol. The molecule has 0 spiro atoms. The van der Waals surface area contributed by atoms with Crippen LogP contribution in [-0.2, 0) is 20.1 Å². The zero-order valence-corrected chi connectivity index (χ0v) is 35.5. The summed E-state index contributed by atoms with van der Waals surface area (Å²) in [5.41, 5.74) is 10.6. The summed E-state index contributed by atoms with van der Waals surface area (Å²) in [6.07, 6.45) is 1.33. The fraction of sp³-hybridized carbons (Fsp3) is 0.143. The average Bonchev–Trinajstić information content (AvgIpc) is 3.59. The van der Waals surface area contributed by atoms with Gasteiger partial charge < -0.3 is 4.57 Å². The van der Waals surface area contributed by atoms with Gasteiger partial charge in [-0.1, -0.05) is 30.3 Å². The molecule has 0 aliphatic rings. The summed E-state index contributed by atoms with van der Waals surface area (Å²) in [6, 6.07) is 51.6. The average molecular weight is 947 g/mol. The zero-order chi connectivity index (χ0) is 42.1. The molecule has 0 saturated heterocycles. The van der Waals surface area contributed by atoms with E-state index in [1.54, 1.807) is 24.3 Å². The van der Waals surface area contributed by atoms with E-state index in [9.17, 15) is 0 Å². The maximum atomic E-state index is 8.26. The normalized spacial score (nSPS) is 13.2. The Hall–Kier alpha value is -4.87. The summed E-state index contributed by atoms with van der Waals surface area (Å²) in [7, 11) is 0. The molecule has 3 nitrogen and oxygen atoms in total. The smallest absolute Gasteiger partial charge is 0 e. The van der Waals surface area contributed by atoms with Gasteiger partial charge in [-0.15, -0.1) is 66.2 Å². The van der Waals surface area contributed by atoms with E-state index in [0.717, 1.165) is 33.5 Å². The first-order chi connectivity index (χ1) is 28.0. The van der Waals surface area contributed by atoms with Gasteiger partial charge in [-0.3, -0.25) is 4.98 Å². The van der Waals surface area contributed by atoms with Crippen molar-refractivity contribution in [3.63, 3.8) is 0 Å². The second-order valence-electron chi connectivity index (χ2n) is 14.3. The third kappa shape index (κ3) is 8.27. The van der Waals surface area contributed by atoms with E-state index in [0.29, 0.717) is 22.4 Å². The largest absolute Gasteiger partial charge is 0 e. The van der Waals surface area contributed by atoms with Crippen LogP contribution in [0.15, 0.2) is 146 Å². The van der Waals surface area contributed by atoms with Crippen molar-refractivity contribution in [2.45, 2.75) is 44.8 Å². The molecular weight excluding hydrogens is 895 g/mol. The number of benzene rings is 6. The number of rotatable bonds is 6. The summed E-state index contributed by atoms with van der Waals surface area (Å²) in [6.45, 7) is -0.606. The molecule has 54 heavy (non-hydrogen) atoms. The molecule has 0 fully saturated rings. The molecule has 8 aromatic rings. The number of hydrogen-bond acceptors (Lipinski definition) is 2. The Labute approximate surface area is 345 Å². The van der Waals surface area contributed by atoms with Gasteiger partial charge in [0.25, 0.3) is 0 Å². The first kappa shape index (κ1) is 31.5. The van der Waals surface area contributed by atoms with Gasteiger partial charge in [0.05, 0.1) is 16.9 Å². The quantitative estimate of drug-likeness (QED) is 0.123. The Morgan fingerprint density at radius 2 is 1.26 bits per heavy atom. The molecule has 0 N–H and O–H groups in total. The van der Waals surface area contributed by atoms with E-state index in [1.807, 2.05) is 60.7 Å². The summed E-state index contributed by atoms with van der Waals surface area (Å²) in [5.74, 6) is 7.92. The number of aryl methyl sites for hydroxylation is 4. The minimum Gasteiger partial charge on any atom is 0 e. The van der Waals surface area contributed by atoms with E-state index >= 15 is 0 Å². The molecule has 2 heterocycles. The van der Waals surface area contributed by atoms with Gasteiger partial charge in [-0.05, 0) is 37.1 Å². The molecule has 0 aliphatic heterocycles. The molecular formula is C49H45GeIrN3-2. The van der Waals surface area contributed by atoms with Crippen molar-refractivity contribution in [1.29, 1.82) is 0 Å². The van der Waals surface area contributed by atoms with Crippen molar-refractivity contribution in [1.82, 2.24) is 14.5 Å². The molecule has 5 heteroatoms. The SMILES string of the molecule is Cc1cccc(C)c1-n1c(-c2[c-]cccc2)nc2ccccc21.[2H]C([2H])([2H])c1cnc(-c2[c-]cccc2)cc1-c1ccc(-c2cc[c]([Ge]([CH3])([CH3])[CH3])cc2)cc1C([2H])([2H])[2H].[Ir]. The first-order valence-electron chi connectivity index (χ1n) is 20.8.